The van der Waals surface area contributed by atoms with Crippen LogP contribution in [0.2, 0.25) is 0 Å². The molecule has 0 spiro atoms. The summed E-state index contributed by atoms with van der Waals surface area (Å²) in [5.41, 5.74) is 2.70. The van der Waals surface area contributed by atoms with E-state index in [4.69, 9.17) is 9.47 Å². The Labute approximate surface area is 174 Å². The van der Waals surface area contributed by atoms with Crippen molar-refractivity contribution in [3.05, 3.63) is 84.1 Å². The molecule has 152 valence electrons. The zero-order chi connectivity index (χ0) is 20.9. The number of rotatable bonds is 6. The SMILES string of the molecule is C[C@H](Oc1ccc(C(=O)Nc2cccc(N3CCOC3=O)c2)cn1)c1ccccc1. The Morgan fingerprint density at radius 2 is 1.97 bits per heavy atom. The van der Waals surface area contributed by atoms with Gasteiger partial charge in [-0.25, -0.2) is 9.78 Å². The second kappa shape index (κ2) is 8.65. The molecule has 1 atom stereocenters. The normalized spacial score (nSPS) is 14.2. The van der Waals surface area contributed by atoms with Gasteiger partial charge < -0.3 is 14.8 Å². The number of hydrogen-bond donors (Lipinski definition) is 1. The van der Waals surface area contributed by atoms with E-state index in [1.807, 2.05) is 37.3 Å². The van der Waals surface area contributed by atoms with Gasteiger partial charge in [0.2, 0.25) is 5.88 Å². The summed E-state index contributed by atoms with van der Waals surface area (Å²) in [5, 5.41) is 2.82. The summed E-state index contributed by atoms with van der Waals surface area (Å²) in [6.45, 7) is 2.79. The van der Waals surface area contributed by atoms with Crippen molar-refractivity contribution in [3.63, 3.8) is 0 Å². The van der Waals surface area contributed by atoms with Crippen molar-refractivity contribution in [2.24, 2.45) is 0 Å². The summed E-state index contributed by atoms with van der Waals surface area (Å²) >= 11 is 0. The molecule has 7 nitrogen and oxygen atoms in total. The average Bonchev–Trinajstić information content (AvgIpc) is 3.21. The van der Waals surface area contributed by atoms with E-state index in [9.17, 15) is 9.59 Å². The summed E-state index contributed by atoms with van der Waals surface area (Å²) in [5.74, 6) is 0.142. The average molecular weight is 403 g/mol. The molecule has 4 rings (SSSR count). The number of nitrogens with zero attached hydrogens (tertiary/aromatic N) is 2. The van der Waals surface area contributed by atoms with Gasteiger partial charge in [-0.05, 0) is 36.8 Å². The number of carbonyl (C=O) groups is 2. The van der Waals surface area contributed by atoms with Gasteiger partial charge in [0.25, 0.3) is 5.91 Å². The summed E-state index contributed by atoms with van der Waals surface area (Å²) in [6.07, 6.45) is 0.936. The number of pyridine rings is 1. The molecule has 2 heterocycles. The molecule has 30 heavy (non-hydrogen) atoms. The minimum atomic E-state index is -0.386. The van der Waals surface area contributed by atoms with Gasteiger partial charge in [0.1, 0.15) is 12.7 Å². The van der Waals surface area contributed by atoms with Gasteiger partial charge in [-0.3, -0.25) is 9.69 Å². The van der Waals surface area contributed by atoms with Crippen molar-refractivity contribution in [1.82, 2.24) is 4.98 Å². The highest BCUT2D eigenvalue weighted by atomic mass is 16.6. The number of hydrogen-bond acceptors (Lipinski definition) is 5. The van der Waals surface area contributed by atoms with Crippen molar-refractivity contribution in [3.8, 4) is 5.88 Å². The maximum atomic E-state index is 12.6. The van der Waals surface area contributed by atoms with Crippen LogP contribution in [0.25, 0.3) is 0 Å². The van der Waals surface area contributed by atoms with Crippen LogP contribution in [0.15, 0.2) is 72.9 Å². The second-order valence-electron chi connectivity index (χ2n) is 6.83. The molecule has 1 aliphatic heterocycles. The Balaban J connectivity index is 1.40. The van der Waals surface area contributed by atoms with E-state index in [0.29, 0.717) is 36.0 Å². The predicted molar refractivity (Wildman–Crippen MR) is 113 cm³/mol. The van der Waals surface area contributed by atoms with E-state index in [0.717, 1.165) is 5.56 Å². The van der Waals surface area contributed by atoms with Crippen molar-refractivity contribution in [2.75, 3.05) is 23.4 Å². The Kier molecular flexibility index (Phi) is 5.61. The molecule has 0 bridgehead atoms. The van der Waals surface area contributed by atoms with Crippen LogP contribution in [-0.2, 0) is 4.74 Å². The maximum absolute atomic E-state index is 12.6. The number of carbonyl (C=O) groups excluding carboxylic acids is 2. The number of nitrogens with one attached hydrogen (secondary N) is 1. The molecule has 2 aromatic carbocycles. The van der Waals surface area contributed by atoms with Crippen molar-refractivity contribution in [2.45, 2.75) is 13.0 Å². The summed E-state index contributed by atoms with van der Waals surface area (Å²) in [6, 6.07) is 20.2. The minimum absolute atomic E-state index is 0.154. The first-order valence-electron chi connectivity index (χ1n) is 9.63. The highest BCUT2D eigenvalue weighted by molar-refractivity contribution is 6.04. The molecule has 1 aromatic heterocycles. The highest BCUT2D eigenvalue weighted by Crippen LogP contribution is 2.23. The molecule has 1 aliphatic rings. The largest absolute Gasteiger partial charge is 0.470 e. The molecule has 0 aliphatic carbocycles. The van der Waals surface area contributed by atoms with Crippen molar-refractivity contribution >= 4 is 23.4 Å². The van der Waals surface area contributed by atoms with Crippen LogP contribution in [0.5, 0.6) is 5.88 Å². The number of aromatic nitrogens is 1. The fourth-order valence-corrected chi connectivity index (χ4v) is 3.14. The first-order valence-corrected chi connectivity index (χ1v) is 9.63. The number of cyclic esters (lactones) is 1. The lowest BCUT2D eigenvalue weighted by Crippen LogP contribution is -2.23. The molecule has 3 aromatic rings. The van der Waals surface area contributed by atoms with E-state index in [1.165, 1.54) is 11.1 Å². The summed E-state index contributed by atoms with van der Waals surface area (Å²) in [4.78, 5) is 30.1. The molecular formula is C23H21N3O4. The lowest BCUT2D eigenvalue weighted by atomic mass is 10.1. The van der Waals surface area contributed by atoms with Gasteiger partial charge in [-0.15, -0.1) is 0 Å². The molecule has 0 unspecified atom stereocenters. The fraction of sp³-hybridized carbons (Fsp3) is 0.174. The quantitative estimate of drug-likeness (QED) is 0.659. The van der Waals surface area contributed by atoms with Crippen LogP contribution in [0, 0.1) is 0 Å². The van der Waals surface area contributed by atoms with Crippen LogP contribution < -0.4 is 15.0 Å². The Morgan fingerprint density at radius 1 is 1.13 bits per heavy atom. The van der Waals surface area contributed by atoms with Crippen molar-refractivity contribution in [1.29, 1.82) is 0 Å². The van der Waals surface area contributed by atoms with Gasteiger partial charge in [0.05, 0.1) is 12.1 Å². The first kappa shape index (κ1) is 19.4. The topological polar surface area (TPSA) is 80.8 Å². The van der Waals surface area contributed by atoms with Crippen LogP contribution in [0.3, 0.4) is 0 Å². The summed E-state index contributed by atoms with van der Waals surface area (Å²) < 4.78 is 10.8. The molecule has 7 heteroatoms. The Hall–Kier alpha value is -3.87. The predicted octanol–water partition coefficient (Wildman–Crippen LogP) is 4.43. The van der Waals surface area contributed by atoms with Gasteiger partial charge in [0.15, 0.2) is 0 Å². The maximum Gasteiger partial charge on any atom is 0.414 e. The zero-order valence-corrected chi connectivity index (χ0v) is 16.4. The third-order valence-corrected chi connectivity index (χ3v) is 4.74. The highest BCUT2D eigenvalue weighted by Gasteiger charge is 2.23. The number of anilines is 2. The lowest BCUT2D eigenvalue weighted by Gasteiger charge is -2.15. The van der Waals surface area contributed by atoms with Gasteiger partial charge in [-0.2, -0.15) is 0 Å². The number of ether oxygens (including phenoxy) is 2. The molecule has 0 radical (unpaired) electrons. The zero-order valence-electron chi connectivity index (χ0n) is 16.4. The van der Waals surface area contributed by atoms with E-state index in [1.54, 1.807) is 36.4 Å². The molecular weight excluding hydrogens is 382 g/mol. The number of amides is 2. The monoisotopic (exact) mass is 403 g/mol. The van der Waals surface area contributed by atoms with Gasteiger partial charge in [0, 0.05) is 23.6 Å². The van der Waals surface area contributed by atoms with Crippen LogP contribution in [0.4, 0.5) is 16.2 Å². The van der Waals surface area contributed by atoms with Crippen LogP contribution >= 0.6 is 0 Å². The third kappa shape index (κ3) is 4.41. The third-order valence-electron chi connectivity index (χ3n) is 4.74. The van der Waals surface area contributed by atoms with Crippen LogP contribution in [-0.4, -0.2) is 30.1 Å². The Bertz CT molecular complexity index is 1040. The Morgan fingerprint density at radius 3 is 2.67 bits per heavy atom. The second-order valence-corrected chi connectivity index (χ2v) is 6.83. The molecule has 1 saturated heterocycles. The number of benzene rings is 2. The van der Waals surface area contributed by atoms with E-state index in [-0.39, 0.29) is 18.1 Å². The fourth-order valence-electron chi connectivity index (χ4n) is 3.14. The first-order chi connectivity index (χ1) is 14.6. The minimum Gasteiger partial charge on any atom is -0.470 e. The summed E-state index contributed by atoms with van der Waals surface area (Å²) in [7, 11) is 0. The molecule has 0 saturated carbocycles. The van der Waals surface area contributed by atoms with E-state index < -0.39 is 0 Å². The molecule has 1 fully saturated rings. The van der Waals surface area contributed by atoms with Gasteiger partial charge >= 0.3 is 6.09 Å². The standard InChI is InChI=1S/C23H21N3O4/c1-16(17-6-3-2-4-7-17)30-21-11-10-18(15-24-21)22(27)25-19-8-5-9-20(14-19)26-12-13-29-23(26)28/h2-11,14-16H,12-13H2,1H3,(H,25,27)/t16-/m0/s1. The molecule has 1 N–H and O–H groups in total. The van der Waals surface area contributed by atoms with E-state index >= 15 is 0 Å². The van der Waals surface area contributed by atoms with Crippen molar-refractivity contribution < 1.29 is 19.1 Å². The smallest absolute Gasteiger partial charge is 0.414 e. The lowest BCUT2D eigenvalue weighted by molar-refractivity contribution is 0.102. The molecule has 2 amide bonds. The van der Waals surface area contributed by atoms with Crippen LogP contribution in [0.1, 0.15) is 28.9 Å². The van der Waals surface area contributed by atoms with E-state index in [2.05, 4.69) is 10.3 Å². The van der Waals surface area contributed by atoms with Gasteiger partial charge in [-0.1, -0.05) is 36.4 Å².